The number of nitrogens with one attached hydrogen (secondary N) is 3. The van der Waals surface area contributed by atoms with Crippen LogP contribution in [0.25, 0.3) is 0 Å². The monoisotopic (exact) mass is 341 g/mol. The van der Waals surface area contributed by atoms with Gasteiger partial charge in [0, 0.05) is 29.5 Å². The molecule has 0 aromatic heterocycles. The lowest BCUT2D eigenvalue weighted by Crippen LogP contribution is -2.36. The molecule has 128 valence electrons. The van der Waals surface area contributed by atoms with Crippen molar-refractivity contribution in [3.05, 3.63) is 12.3 Å². The Morgan fingerprint density at radius 2 is 2.22 bits per heavy atom. The lowest BCUT2D eigenvalue weighted by atomic mass is 10.0. The van der Waals surface area contributed by atoms with Crippen LogP contribution >= 0.6 is 11.8 Å². The van der Waals surface area contributed by atoms with Crippen LogP contribution in [0.1, 0.15) is 38.5 Å². The molecule has 2 fully saturated rings. The van der Waals surface area contributed by atoms with Gasteiger partial charge in [-0.25, -0.2) is 15.1 Å². The summed E-state index contributed by atoms with van der Waals surface area (Å²) in [4.78, 5) is 38.0. The minimum Gasteiger partial charge on any atom is -0.344 e. The molecule has 23 heavy (non-hydrogen) atoms. The fraction of sp³-hybridized carbons (Fsp3) is 0.667. The molecule has 2 rings (SSSR count). The maximum atomic E-state index is 11.6. The van der Waals surface area contributed by atoms with Gasteiger partial charge in [0.2, 0.25) is 0 Å². The van der Waals surface area contributed by atoms with Gasteiger partial charge < -0.3 is 20.3 Å². The predicted molar refractivity (Wildman–Crippen MR) is 87.6 cm³/mol. The predicted octanol–water partition coefficient (Wildman–Crippen LogP) is 1.25. The molecule has 0 bridgehead atoms. The van der Waals surface area contributed by atoms with E-state index >= 15 is 0 Å². The number of fused-ring (bicyclic) bond motifs is 1. The molecular weight excluding hydrogens is 318 g/mol. The van der Waals surface area contributed by atoms with E-state index in [0.717, 1.165) is 31.3 Å². The number of unbranched alkanes of at least 4 members (excludes halogenated alkanes) is 1. The summed E-state index contributed by atoms with van der Waals surface area (Å²) in [5.74, 6) is 0.619. The summed E-state index contributed by atoms with van der Waals surface area (Å²) in [5.41, 5.74) is 2.99. The van der Waals surface area contributed by atoms with Gasteiger partial charge in [-0.3, -0.25) is 0 Å². The smallest absolute Gasteiger partial charge is 0.332 e. The van der Waals surface area contributed by atoms with E-state index in [0.29, 0.717) is 30.2 Å². The van der Waals surface area contributed by atoms with Crippen molar-refractivity contribution < 1.29 is 19.2 Å². The van der Waals surface area contributed by atoms with Gasteiger partial charge in [-0.2, -0.15) is 11.8 Å². The van der Waals surface area contributed by atoms with E-state index in [4.69, 9.17) is 4.84 Å². The Bertz CT molecular complexity index is 472. The molecule has 2 heterocycles. The topological polar surface area (TPSA) is 96.5 Å². The third kappa shape index (κ3) is 5.46. The van der Waals surface area contributed by atoms with E-state index in [1.54, 1.807) is 0 Å². The molecule has 0 saturated carbocycles. The van der Waals surface area contributed by atoms with Crippen LogP contribution < -0.4 is 16.1 Å². The fourth-order valence-corrected chi connectivity index (χ4v) is 4.27. The van der Waals surface area contributed by atoms with Crippen LogP contribution in [0.2, 0.25) is 0 Å². The second-order valence-electron chi connectivity index (χ2n) is 5.75. The van der Waals surface area contributed by atoms with Gasteiger partial charge in [0.25, 0.3) is 0 Å². The van der Waals surface area contributed by atoms with Gasteiger partial charge in [-0.15, -0.1) is 0 Å². The first-order valence-electron chi connectivity index (χ1n) is 7.86. The third-order valence-electron chi connectivity index (χ3n) is 3.93. The van der Waals surface area contributed by atoms with E-state index in [1.165, 1.54) is 0 Å². The Balaban J connectivity index is 1.53. The Labute approximate surface area is 139 Å². The average Bonchev–Trinajstić information content (AvgIpc) is 3.07. The number of allylic oxidation sites excluding steroid dienone is 1. The van der Waals surface area contributed by atoms with Crippen LogP contribution in [0.3, 0.4) is 0 Å². The molecule has 2 aliphatic heterocycles. The van der Waals surface area contributed by atoms with Crippen LogP contribution in [0.5, 0.6) is 0 Å². The van der Waals surface area contributed by atoms with Gasteiger partial charge >= 0.3 is 12.0 Å². The number of hydrogen-bond donors (Lipinski definition) is 3. The molecule has 0 radical (unpaired) electrons. The molecule has 0 aromatic carbocycles. The molecule has 2 amide bonds. The summed E-state index contributed by atoms with van der Waals surface area (Å²) in [6, 6.07) is 0.376. The molecule has 3 unspecified atom stereocenters. The van der Waals surface area contributed by atoms with Gasteiger partial charge in [0.15, 0.2) is 0 Å². The Hall–Kier alpha value is -1.70. The fourth-order valence-electron chi connectivity index (χ4n) is 2.72. The summed E-state index contributed by atoms with van der Waals surface area (Å²) < 4.78 is 0. The largest absolute Gasteiger partial charge is 0.344 e. The highest BCUT2D eigenvalue weighted by atomic mass is 32.2. The number of carbonyl (C=O) groups excluding carboxylic acids is 3. The quantitative estimate of drug-likeness (QED) is 0.239. The molecule has 7 nitrogen and oxygen atoms in total. The molecular formula is C15H23N3O4S. The zero-order valence-electron chi connectivity index (χ0n) is 13.0. The van der Waals surface area contributed by atoms with Gasteiger partial charge in [-0.1, -0.05) is 13.0 Å². The van der Waals surface area contributed by atoms with Crippen molar-refractivity contribution in [1.82, 2.24) is 16.1 Å². The second-order valence-corrected chi connectivity index (χ2v) is 7.02. The number of amides is 2. The van der Waals surface area contributed by atoms with Crippen LogP contribution in [-0.2, 0) is 14.4 Å². The Morgan fingerprint density at radius 3 is 3.00 bits per heavy atom. The maximum absolute atomic E-state index is 11.6. The Morgan fingerprint density at radius 1 is 1.39 bits per heavy atom. The highest BCUT2D eigenvalue weighted by Gasteiger charge is 2.42. The van der Waals surface area contributed by atoms with Gasteiger partial charge in [0.05, 0.1) is 12.1 Å². The molecule has 3 atom stereocenters. The van der Waals surface area contributed by atoms with E-state index in [9.17, 15) is 14.4 Å². The Kier molecular flexibility index (Phi) is 6.76. The van der Waals surface area contributed by atoms with Crippen LogP contribution in [0.4, 0.5) is 4.79 Å². The summed E-state index contributed by atoms with van der Waals surface area (Å²) in [5, 5.41) is 6.28. The molecule has 0 aliphatic carbocycles. The summed E-state index contributed by atoms with van der Waals surface area (Å²) >= 11 is 1.87. The number of rotatable bonds is 10. The van der Waals surface area contributed by atoms with Crippen molar-refractivity contribution in [2.45, 2.75) is 55.9 Å². The van der Waals surface area contributed by atoms with Crippen LogP contribution in [-0.4, -0.2) is 41.4 Å². The first-order valence-corrected chi connectivity index (χ1v) is 8.90. The molecule has 2 saturated heterocycles. The highest BCUT2D eigenvalue weighted by Crippen LogP contribution is 2.33. The van der Waals surface area contributed by atoms with Crippen molar-refractivity contribution in [2.24, 2.45) is 0 Å². The summed E-state index contributed by atoms with van der Waals surface area (Å²) in [6.07, 6.45) is 4.58. The molecule has 0 aromatic rings. The summed E-state index contributed by atoms with van der Waals surface area (Å²) in [6.45, 7) is 3.66. The highest BCUT2D eigenvalue weighted by molar-refractivity contribution is 8.00. The molecule has 2 aliphatic rings. The van der Waals surface area contributed by atoms with E-state index in [2.05, 4.69) is 22.7 Å². The van der Waals surface area contributed by atoms with E-state index in [1.807, 2.05) is 11.8 Å². The first-order chi connectivity index (χ1) is 11.1. The van der Waals surface area contributed by atoms with Crippen LogP contribution in [0, 0.1) is 0 Å². The van der Waals surface area contributed by atoms with E-state index < -0.39 is 0 Å². The normalized spacial score (nSPS) is 25.2. The van der Waals surface area contributed by atoms with Crippen molar-refractivity contribution in [3.63, 3.8) is 0 Å². The zero-order valence-corrected chi connectivity index (χ0v) is 13.8. The SMILES string of the molecule is C=C(CCC=O)NOC(=O)CCCCC1SCC2NC(=O)NC21. The second kappa shape index (κ2) is 8.81. The average molecular weight is 341 g/mol. The number of urea groups is 1. The lowest BCUT2D eigenvalue weighted by molar-refractivity contribution is -0.149. The van der Waals surface area contributed by atoms with Crippen molar-refractivity contribution in [2.75, 3.05) is 5.75 Å². The minimum atomic E-state index is -0.329. The number of aldehydes is 1. The first kappa shape index (κ1) is 17.7. The van der Waals surface area contributed by atoms with Crippen molar-refractivity contribution >= 4 is 30.0 Å². The molecule has 0 spiro atoms. The van der Waals surface area contributed by atoms with E-state index in [-0.39, 0.29) is 24.1 Å². The summed E-state index contributed by atoms with van der Waals surface area (Å²) in [7, 11) is 0. The standard InChI is InChI=1S/C15H23N3O4S/c1-10(5-4-8-19)18-22-13(20)7-3-2-6-12-14-11(9-23-12)16-15(21)17-14/h8,11-12,14,18H,1-7,9H2,(H2,16,17,21). The van der Waals surface area contributed by atoms with Crippen molar-refractivity contribution in [1.29, 1.82) is 0 Å². The van der Waals surface area contributed by atoms with Crippen molar-refractivity contribution in [3.8, 4) is 0 Å². The third-order valence-corrected chi connectivity index (χ3v) is 5.44. The van der Waals surface area contributed by atoms with Crippen LogP contribution in [0.15, 0.2) is 12.3 Å². The number of hydroxylamine groups is 1. The number of carbonyl (C=O) groups is 3. The lowest BCUT2D eigenvalue weighted by Gasteiger charge is -2.16. The zero-order chi connectivity index (χ0) is 16.7. The van der Waals surface area contributed by atoms with Gasteiger partial charge in [0.1, 0.15) is 6.29 Å². The molecule has 3 N–H and O–H groups in total. The molecule has 8 heteroatoms. The minimum absolute atomic E-state index is 0.0743. The number of hydrogen-bond acceptors (Lipinski definition) is 6. The number of thioether (sulfide) groups is 1. The maximum Gasteiger partial charge on any atom is 0.332 e. The van der Waals surface area contributed by atoms with Gasteiger partial charge in [-0.05, 0) is 19.3 Å².